The van der Waals surface area contributed by atoms with Crippen LogP contribution in [0.1, 0.15) is 29.8 Å². The molecule has 28 heavy (non-hydrogen) atoms. The molecule has 1 N–H and O–H groups in total. The Bertz CT molecular complexity index is 811. The van der Waals surface area contributed by atoms with E-state index in [1.807, 2.05) is 67.3 Å². The lowest BCUT2D eigenvalue weighted by atomic mass is 9.93. The zero-order valence-corrected chi connectivity index (χ0v) is 16.7. The van der Waals surface area contributed by atoms with Crippen LogP contribution in [0.2, 0.25) is 0 Å². The second-order valence-corrected chi connectivity index (χ2v) is 6.77. The lowest BCUT2D eigenvalue weighted by Crippen LogP contribution is -2.56. The maximum Gasteiger partial charge on any atom is 0.258 e. The molecule has 150 valence electrons. The number of fused-ring (bicyclic) bond motifs is 1. The summed E-state index contributed by atoms with van der Waals surface area (Å²) in [5.74, 6) is 0.731. The highest BCUT2D eigenvalue weighted by molar-refractivity contribution is 6.02. The van der Waals surface area contributed by atoms with Crippen LogP contribution in [-0.4, -0.2) is 50.9 Å². The van der Waals surface area contributed by atoms with Crippen LogP contribution in [0.5, 0.6) is 5.75 Å². The van der Waals surface area contributed by atoms with E-state index in [4.69, 9.17) is 14.2 Å². The zero-order valence-electron chi connectivity index (χ0n) is 16.7. The number of para-hydroxylation sites is 1. The highest BCUT2D eigenvalue weighted by atomic mass is 16.5. The van der Waals surface area contributed by atoms with E-state index >= 15 is 0 Å². The van der Waals surface area contributed by atoms with Crippen molar-refractivity contribution in [1.29, 1.82) is 0 Å². The summed E-state index contributed by atoms with van der Waals surface area (Å²) in [5.41, 5.74) is 1.72. The normalized spacial score (nSPS) is 18.5. The van der Waals surface area contributed by atoms with Crippen LogP contribution >= 0.6 is 0 Å². The Labute approximate surface area is 166 Å². The molecule has 1 heterocycles. The topological polar surface area (TPSA) is 60.0 Å². The van der Waals surface area contributed by atoms with Gasteiger partial charge in [-0.15, -0.1) is 0 Å². The van der Waals surface area contributed by atoms with Crippen LogP contribution in [0, 0.1) is 0 Å². The van der Waals surface area contributed by atoms with Crippen molar-refractivity contribution in [3.8, 4) is 5.75 Å². The minimum absolute atomic E-state index is 0.0171. The summed E-state index contributed by atoms with van der Waals surface area (Å²) in [5, 5.41) is 3.55. The average Bonchev–Trinajstić information content (AvgIpc) is 2.71. The van der Waals surface area contributed by atoms with Gasteiger partial charge in [-0.25, -0.2) is 0 Å². The van der Waals surface area contributed by atoms with Crippen LogP contribution < -0.4 is 10.1 Å². The Morgan fingerprint density at radius 3 is 2.68 bits per heavy atom. The number of nitrogens with one attached hydrogen (secondary N) is 1. The highest BCUT2D eigenvalue weighted by Gasteiger charge is 2.42. The van der Waals surface area contributed by atoms with Gasteiger partial charge in [0.1, 0.15) is 18.0 Å². The van der Waals surface area contributed by atoms with Gasteiger partial charge in [0.05, 0.1) is 18.8 Å². The van der Waals surface area contributed by atoms with Gasteiger partial charge in [0, 0.05) is 31.5 Å². The van der Waals surface area contributed by atoms with Gasteiger partial charge in [-0.3, -0.25) is 4.79 Å². The first kappa shape index (κ1) is 20.2. The molecule has 2 aromatic rings. The highest BCUT2D eigenvalue weighted by Crippen LogP contribution is 2.38. The number of carbonyl (C=O) groups excluding carboxylic acids is 1. The number of amides is 1. The smallest absolute Gasteiger partial charge is 0.258 e. The third-order valence-electron chi connectivity index (χ3n) is 4.94. The molecule has 0 saturated heterocycles. The van der Waals surface area contributed by atoms with Gasteiger partial charge in [-0.1, -0.05) is 24.3 Å². The molecule has 0 saturated carbocycles. The number of rotatable bonds is 9. The number of benzene rings is 2. The van der Waals surface area contributed by atoms with Crippen molar-refractivity contribution >= 4 is 11.6 Å². The second kappa shape index (κ2) is 9.08. The van der Waals surface area contributed by atoms with Gasteiger partial charge in [-0.05, 0) is 38.1 Å². The molecular formula is C22H28N2O4. The van der Waals surface area contributed by atoms with Gasteiger partial charge < -0.3 is 24.4 Å². The summed E-state index contributed by atoms with van der Waals surface area (Å²) in [6.07, 6.45) is 0. The molecular weight excluding hydrogens is 356 g/mol. The number of nitrogens with zero attached hydrogens (tertiary/aromatic N) is 1. The van der Waals surface area contributed by atoms with Crippen LogP contribution in [0.25, 0.3) is 0 Å². The summed E-state index contributed by atoms with van der Waals surface area (Å²) in [6, 6.07) is 15.4. The molecule has 0 bridgehead atoms. The van der Waals surface area contributed by atoms with Crippen molar-refractivity contribution in [2.75, 3.05) is 45.4 Å². The van der Waals surface area contributed by atoms with Crippen molar-refractivity contribution in [1.82, 2.24) is 4.90 Å². The summed E-state index contributed by atoms with van der Waals surface area (Å²) in [7, 11) is 1.64. The Hall–Kier alpha value is -2.57. The standard InChI is InChI=1S/C22H28N2O4/c1-4-27-14-15-28-18-9-7-8-17(16-18)22(2)23-20-11-6-5-10-19(20)21(25)24(22)12-13-26-3/h5-11,16,23H,4,12-15H2,1-3H3. The fourth-order valence-electron chi connectivity index (χ4n) is 3.44. The number of hydrogen-bond donors (Lipinski definition) is 1. The molecule has 1 unspecified atom stereocenters. The first-order chi connectivity index (χ1) is 13.6. The molecule has 0 fully saturated rings. The zero-order chi connectivity index (χ0) is 20.0. The van der Waals surface area contributed by atoms with Gasteiger partial charge in [-0.2, -0.15) is 0 Å². The molecule has 1 atom stereocenters. The van der Waals surface area contributed by atoms with Crippen LogP contribution in [0.4, 0.5) is 5.69 Å². The van der Waals surface area contributed by atoms with Gasteiger partial charge in [0.15, 0.2) is 0 Å². The minimum Gasteiger partial charge on any atom is -0.491 e. The quantitative estimate of drug-likeness (QED) is 0.671. The third kappa shape index (κ3) is 4.13. The van der Waals surface area contributed by atoms with Gasteiger partial charge >= 0.3 is 0 Å². The molecule has 2 aromatic carbocycles. The van der Waals surface area contributed by atoms with E-state index in [0.717, 1.165) is 17.0 Å². The van der Waals surface area contributed by atoms with Crippen molar-refractivity contribution in [3.05, 3.63) is 59.7 Å². The van der Waals surface area contributed by atoms with Crippen LogP contribution in [0.15, 0.2) is 48.5 Å². The molecule has 6 heteroatoms. The Balaban J connectivity index is 1.92. The summed E-state index contributed by atoms with van der Waals surface area (Å²) < 4.78 is 16.4. The predicted octanol–water partition coefficient (Wildman–Crippen LogP) is 3.49. The molecule has 6 nitrogen and oxygen atoms in total. The third-order valence-corrected chi connectivity index (χ3v) is 4.94. The van der Waals surface area contributed by atoms with E-state index < -0.39 is 5.66 Å². The maximum absolute atomic E-state index is 13.2. The monoisotopic (exact) mass is 384 g/mol. The number of carbonyl (C=O) groups is 1. The van der Waals surface area contributed by atoms with Crippen LogP contribution in [-0.2, 0) is 15.1 Å². The predicted molar refractivity (Wildman–Crippen MR) is 109 cm³/mol. The summed E-state index contributed by atoms with van der Waals surface area (Å²) >= 11 is 0. The lowest BCUT2D eigenvalue weighted by Gasteiger charge is -2.46. The van der Waals surface area contributed by atoms with E-state index in [9.17, 15) is 4.79 Å². The average molecular weight is 384 g/mol. The molecule has 0 spiro atoms. The fraction of sp³-hybridized carbons (Fsp3) is 0.409. The van der Waals surface area contributed by atoms with Crippen LogP contribution in [0.3, 0.4) is 0 Å². The summed E-state index contributed by atoms with van der Waals surface area (Å²) in [4.78, 5) is 15.0. The van der Waals surface area contributed by atoms with Crippen molar-refractivity contribution in [3.63, 3.8) is 0 Å². The molecule has 1 amide bonds. The molecule has 1 aliphatic heterocycles. The van der Waals surface area contributed by atoms with E-state index in [-0.39, 0.29) is 5.91 Å². The Kier molecular flexibility index (Phi) is 6.54. The van der Waals surface area contributed by atoms with Crippen molar-refractivity contribution in [2.24, 2.45) is 0 Å². The van der Waals surface area contributed by atoms with E-state index in [0.29, 0.717) is 38.5 Å². The number of methoxy groups -OCH3 is 1. The van der Waals surface area contributed by atoms with E-state index in [1.54, 1.807) is 7.11 Å². The first-order valence-electron chi connectivity index (χ1n) is 9.59. The largest absolute Gasteiger partial charge is 0.491 e. The molecule has 0 radical (unpaired) electrons. The van der Waals surface area contributed by atoms with E-state index in [1.165, 1.54) is 0 Å². The minimum atomic E-state index is -0.719. The van der Waals surface area contributed by atoms with Crippen molar-refractivity contribution < 1.29 is 19.0 Å². The Morgan fingerprint density at radius 2 is 1.89 bits per heavy atom. The number of anilines is 1. The molecule has 3 rings (SSSR count). The second-order valence-electron chi connectivity index (χ2n) is 6.77. The fourth-order valence-corrected chi connectivity index (χ4v) is 3.44. The first-order valence-corrected chi connectivity index (χ1v) is 9.59. The molecule has 1 aliphatic rings. The molecule has 0 aliphatic carbocycles. The molecule has 0 aromatic heterocycles. The SMILES string of the molecule is CCOCCOc1cccc(C2(C)Nc3ccccc3C(=O)N2CCOC)c1. The number of hydrogen-bond acceptors (Lipinski definition) is 5. The maximum atomic E-state index is 13.2. The summed E-state index contributed by atoms with van der Waals surface area (Å²) in [6.45, 7) is 6.59. The lowest BCUT2D eigenvalue weighted by molar-refractivity contribution is 0.0437. The van der Waals surface area contributed by atoms with Gasteiger partial charge in [0.2, 0.25) is 0 Å². The Morgan fingerprint density at radius 1 is 1.07 bits per heavy atom. The van der Waals surface area contributed by atoms with Crippen molar-refractivity contribution in [2.45, 2.75) is 19.5 Å². The van der Waals surface area contributed by atoms with E-state index in [2.05, 4.69) is 5.32 Å². The van der Waals surface area contributed by atoms with Gasteiger partial charge in [0.25, 0.3) is 5.91 Å². The number of ether oxygens (including phenoxy) is 3.